The summed E-state index contributed by atoms with van der Waals surface area (Å²) in [5.41, 5.74) is 3.47. The van der Waals surface area contributed by atoms with Gasteiger partial charge in [0.2, 0.25) is 0 Å². The number of hydrogen-bond donors (Lipinski definition) is 3. The molecule has 168 valence electrons. The van der Waals surface area contributed by atoms with Crippen LogP contribution in [0.1, 0.15) is 23.0 Å². The molecule has 1 atom stereocenters. The van der Waals surface area contributed by atoms with Gasteiger partial charge >= 0.3 is 5.97 Å². The number of quaternary nitrogens is 1. The van der Waals surface area contributed by atoms with Crippen LogP contribution in [0.5, 0.6) is 0 Å². The predicted octanol–water partition coefficient (Wildman–Crippen LogP) is 2.13. The van der Waals surface area contributed by atoms with E-state index in [-0.39, 0.29) is 23.5 Å². The van der Waals surface area contributed by atoms with Gasteiger partial charge < -0.3 is 24.8 Å². The number of carbonyl (C=O) groups excluding carboxylic acids is 2. The topological polar surface area (TPSA) is 78.9 Å². The molecule has 1 aliphatic heterocycles. The Labute approximate surface area is 186 Å². The van der Waals surface area contributed by atoms with Crippen LogP contribution in [-0.2, 0) is 9.53 Å². The number of fused-ring (bicyclic) bond motifs is 1. The minimum Gasteiger partial charge on any atom is -0.464 e. The first-order valence-electron chi connectivity index (χ1n) is 10.7. The number of rotatable bonds is 5. The zero-order chi connectivity index (χ0) is 22.8. The number of anilines is 2. The highest BCUT2D eigenvalue weighted by Crippen LogP contribution is 2.29. The van der Waals surface area contributed by atoms with Crippen molar-refractivity contribution < 1.29 is 23.6 Å². The predicted molar refractivity (Wildman–Crippen MR) is 122 cm³/mol. The van der Waals surface area contributed by atoms with Crippen LogP contribution in [0.25, 0.3) is 10.9 Å². The molecule has 3 N–H and O–H groups in total. The van der Waals surface area contributed by atoms with Crippen molar-refractivity contribution in [1.82, 2.24) is 4.98 Å². The van der Waals surface area contributed by atoms with Gasteiger partial charge in [-0.1, -0.05) is 11.6 Å². The summed E-state index contributed by atoms with van der Waals surface area (Å²) >= 11 is 0. The third-order valence-electron chi connectivity index (χ3n) is 6.19. The van der Waals surface area contributed by atoms with Crippen LogP contribution >= 0.6 is 0 Å². The van der Waals surface area contributed by atoms with E-state index in [1.165, 1.54) is 19.2 Å². The molecular weight excluding hydrogens is 411 g/mol. The maximum atomic E-state index is 13.2. The van der Waals surface area contributed by atoms with Crippen molar-refractivity contribution in [3.63, 3.8) is 0 Å². The van der Waals surface area contributed by atoms with Crippen molar-refractivity contribution in [2.75, 3.05) is 43.5 Å². The Hall–Kier alpha value is -3.39. The second-order valence-corrected chi connectivity index (χ2v) is 8.25. The Balaban J connectivity index is 1.47. The molecule has 1 amide bonds. The van der Waals surface area contributed by atoms with Crippen molar-refractivity contribution in [1.29, 1.82) is 0 Å². The van der Waals surface area contributed by atoms with E-state index in [0.717, 1.165) is 53.2 Å². The van der Waals surface area contributed by atoms with Crippen molar-refractivity contribution in [2.24, 2.45) is 0 Å². The van der Waals surface area contributed by atoms with Gasteiger partial charge in [0, 0.05) is 16.6 Å². The number of H-pyrrole nitrogens is 1. The Kier molecular flexibility index (Phi) is 6.14. The SMILES string of the molecule is COC(=O)c1[nH]c2ccc(C)cc2c1NC(=O)[C@@H](C)[NH+]1CCN(c2ccc(F)cc2)CC1. The molecule has 0 unspecified atom stereocenters. The zero-order valence-electron chi connectivity index (χ0n) is 18.5. The van der Waals surface area contributed by atoms with Crippen LogP contribution in [-0.4, -0.2) is 56.2 Å². The Morgan fingerprint density at radius 1 is 1.16 bits per heavy atom. The summed E-state index contributed by atoms with van der Waals surface area (Å²) in [5.74, 6) is -0.924. The van der Waals surface area contributed by atoms with Gasteiger partial charge in [-0.2, -0.15) is 0 Å². The first-order chi connectivity index (χ1) is 15.4. The second kappa shape index (κ2) is 9.00. The number of aromatic amines is 1. The summed E-state index contributed by atoms with van der Waals surface area (Å²) in [5, 5.41) is 3.75. The molecule has 0 radical (unpaired) electrons. The van der Waals surface area contributed by atoms with Gasteiger partial charge in [0.25, 0.3) is 5.91 Å². The van der Waals surface area contributed by atoms with Gasteiger partial charge in [-0.05, 0) is 50.2 Å². The smallest absolute Gasteiger partial charge is 0.356 e. The van der Waals surface area contributed by atoms with Crippen molar-refractivity contribution in [2.45, 2.75) is 19.9 Å². The van der Waals surface area contributed by atoms with Crippen molar-refractivity contribution in [3.8, 4) is 0 Å². The Morgan fingerprint density at radius 2 is 1.84 bits per heavy atom. The highest BCUT2D eigenvalue weighted by Gasteiger charge is 2.31. The average Bonchev–Trinajstić information content (AvgIpc) is 3.16. The van der Waals surface area contributed by atoms with Crippen molar-refractivity contribution in [3.05, 3.63) is 59.5 Å². The minimum atomic E-state index is -0.526. The standard InChI is InChI=1S/C24H27FN4O3/c1-15-4-9-20-19(14-15)21(22(26-20)24(31)32-3)27-23(30)16(2)28-10-12-29(13-11-28)18-7-5-17(25)6-8-18/h4-9,14,16,26H,10-13H2,1-3H3,(H,27,30)/p+1/t16-/m1/s1. The number of benzene rings is 2. The fourth-order valence-corrected chi connectivity index (χ4v) is 4.24. The molecule has 1 fully saturated rings. The number of halogens is 1. The zero-order valence-corrected chi connectivity index (χ0v) is 18.5. The molecule has 0 spiro atoms. The quantitative estimate of drug-likeness (QED) is 0.533. The summed E-state index contributed by atoms with van der Waals surface area (Å²) in [4.78, 5) is 31.9. The Bertz CT molecular complexity index is 1130. The number of esters is 1. The molecule has 4 rings (SSSR count). The van der Waals surface area contributed by atoms with Crippen molar-refractivity contribution >= 4 is 34.2 Å². The Morgan fingerprint density at radius 3 is 2.50 bits per heavy atom. The lowest BCUT2D eigenvalue weighted by molar-refractivity contribution is -0.914. The first kappa shape index (κ1) is 21.8. The van der Waals surface area contributed by atoms with E-state index in [0.29, 0.717) is 5.69 Å². The average molecular weight is 440 g/mol. The molecule has 1 aromatic heterocycles. The fourth-order valence-electron chi connectivity index (χ4n) is 4.24. The third-order valence-corrected chi connectivity index (χ3v) is 6.19. The maximum absolute atomic E-state index is 13.2. The number of hydrogen-bond acceptors (Lipinski definition) is 4. The normalized spacial score (nSPS) is 15.6. The van der Waals surface area contributed by atoms with Crippen LogP contribution in [0.2, 0.25) is 0 Å². The summed E-state index contributed by atoms with van der Waals surface area (Å²) in [6.07, 6.45) is 0. The molecule has 32 heavy (non-hydrogen) atoms. The monoisotopic (exact) mass is 439 g/mol. The van der Waals surface area contributed by atoms with E-state index >= 15 is 0 Å². The summed E-state index contributed by atoms with van der Waals surface area (Å²) in [6, 6.07) is 12.0. The van der Waals surface area contributed by atoms with E-state index < -0.39 is 5.97 Å². The molecule has 0 saturated carbocycles. The fraction of sp³-hybridized carbons (Fsp3) is 0.333. The van der Waals surface area contributed by atoms with Gasteiger partial charge in [-0.15, -0.1) is 0 Å². The highest BCUT2D eigenvalue weighted by molar-refractivity contribution is 6.11. The first-order valence-corrected chi connectivity index (χ1v) is 10.7. The van der Waals surface area contributed by atoms with E-state index in [1.54, 1.807) is 12.1 Å². The molecule has 1 aliphatic rings. The van der Waals surface area contributed by atoms with Gasteiger partial charge in [-0.25, -0.2) is 9.18 Å². The van der Waals surface area contributed by atoms with Crippen LogP contribution in [0.15, 0.2) is 42.5 Å². The maximum Gasteiger partial charge on any atom is 0.356 e. The molecule has 7 nitrogen and oxygen atoms in total. The third kappa shape index (κ3) is 4.31. The lowest BCUT2D eigenvalue weighted by Gasteiger charge is -2.36. The number of ether oxygens (including phenoxy) is 1. The van der Waals surface area contributed by atoms with Gasteiger partial charge in [-0.3, -0.25) is 4.79 Å². The molecule has 1 saturated heterocycles. The van der Waals surface area contributed by atoms with E-state index in [1.807, 2.05) is 32.0 Å². The number of aromatic nitrogens is 1. The van der Waals surface area contributed by atoms with E-state index in [9.17, 15) is 14.0 Å². The number of piperazine rings is 1. The van der Waals surface area contributed by atoms with Crippen LogP contribution < -0.4 is 15.1 Å². The number of aryl methyl sites for hydroxylation is 1. The summed E-state index contributed by atoms with van der Waals surface area (Å²) in [7, 11) is 1.32. The molecule has 8 heteroatoms. The summed E-state index contributed by atoms with van der Waals surface area (Å²) in [6.45, 7) is 6.97. The highest BCUT2D eigenvalue weighted by atomic mass is 19.1. The molecule has 2 heterocycles. The summed E-state index contributed by atoms with van der Waals surface area (Å²) < 4.78 is 18.1. The van der Waals surface area contributed by atoms with E-state index in [2.05, 4.69) is 15.2 Å². The minimum absolute atomic E-state index is 0.150. The molecule has 2 aromatic carbocycles. The molecule has 3 aromatic rings. The van der Waals surface area contributed by atoms with Gasteiger partial charge in [0.05, 0.1) is 39.0 Å². The lowest BCUT2D eigenvalue weighted by Crippen LogP contribution is -3.19. The van der Waals surface area contributed by atoms with Crippen LogP contribution in [0.4, 0.5) is 15.8 Å². The van der Waals surface area contributed by atoms with Crippen LogP contribution in [0, 0.1) is 12.7 Å². The number of nitrogens with zero attached hydrogens (tertiary/aromatic N) is 1. The van der Waals surface area contributed by atoms with Gasteiger partial charge in [0.1, 0.15) is 11.5 Å². The number of nitrogens with one attached hydrogen (secondary N) is 3. The largest absolute Gasteiger partial charge is 0.464 e. The van der Waals surface area contributed by atoms with E-state index in [4.69, 9.17) is 4.74 Å². The molecule has 0 aliphatic carbocycles. The van der Waals surface area contributed by atoms with Crippen LogP contribution in [0.3, 0.4) is 0 Å². The number of methoxy groups -OCH3 is 1. The second-order valence-electron chi connectivity index (χ2n) is 8.25. The lowest BCUT2D eigenvalue weighted by atomic mass is 10.1. The molecule has 0 bridgehead atoms. The molecular formula is C24H28FN4O3+. The van der Waals surface area contributed by atoms with Gasteiger partial charge in [0.15, 0.2) is 6.04 Å². The number of amides is 1. The number of carbonyl (C=O) groups is 2.